The van der Waals surface area contributed by atoms with Crippen LogP contribution in [0.3, 0.4) is 0 Å². The number of hydrogen-bond acceptors (Lipinski definition) is 2. The van der Waals surface area contributed by atoms with Crippen LogP contribution in [0.1, 0.15) is 27.9 Å². The Balaban J connectivity index is 3.35. The number of carbonyl (C=O) groups is 1. The normalized spacial score (nSPS) is 10.6. The van der Waals surface area contributed by atoms with Crippen molar-refractivity contribution in [2.75, 3.05) is 0 Å². The molecule has 0 atom stereocenters. The number of carboxylic acids is 1. The molecular formula is C9H8F2O3. The lowest BCUT2D eigenvalue weighted by Gasteiger charge is -2.07. The van der Waals surface area contributed by atoms with Gasteiger partial charge in [0.1, 0.15) is 5.75 Å². The van der Waals surface area contributed by atoms with Gasteiger partial charge in [-0.05, 0) is 24.6 Å². The molecule has 76 valence electrons. The van der Waals surface area contributed by atoms with Crippen molar-refractivity contribution in [2.24, 2.45) is 0 Å². The summed E-state index contributed by atoms with van der Waals surface area (Å²) in [6.07, 6.45) is -2.88. The molecule has 0 aromatic heterocycles. The van der Waals surface area contributed by atoms with Crippen LogP contribution in [-0.4, -0.2) is 16.2 Å². The van der Waals surface area contributed by atoms with Gasteiger partial charge in [0, 0.05) is 0 Å². The number of benzene rings is 1. The highest BCUT2D eigenvalue weighted by Crippen LogP contribution is 2.31. The van der Waals surface area contributed by atoms with Crippen molar-refractivity contribution in [1.82, 2.24) is 0 Å². The summed E-state index contributed by atoms with van der Waals surface area (Å²) in [7, 11) is 0. The molecule has 0 heterocycles. The zero-order valence-electron chi connectivity index (χ0n) is 7.29. The molecule has 5 heteroatoms. The molecule has 0 saturated carbocycles. The minimum atomic E-state index is -2.88. The van der Waals surface area contributed by atoms with Crippen LogP contribution in [0.4, 0.5) is 8.78 Å². The maximum Gasteiger partial charge on any atom is 0.335 e. The van der Waals surface area contributed by atoms with E-state index in [9.17, 15) is 18.7 Å². The maximum atomic E-state index is 12.3. The van der Waals surface area contributed by atoms with E-state index < -0.39 is 23.7 Å². The van der Waals surface area contributed by atoms with Crippen molar-refractivity contribution in [3.63, 3.8) is 0 Å². The predicted octanol–water partition coefficient (Wildman–Crippen LogP) is 2.34. The molecule has 0 radical (unpaired) electrons. The Hall–Kier alpha value is -1.65. The van der Waals surface area contributed by atoms with E-state index >= 15 is 0 Å². The number of halogens is 2. The summed E-state index contributed by atoms with van der Waals surface area (Å²) < 4.78 is 24.6. The van der Waals surface area contributed by atoms with Crippen molar-refractivity contribution in [3.05, 3.63) is 28.8 Å². The minimum Gasteiger partial charge on any atom is -0.507 e. The van der Waals surface area contributed by atoms with Gasteiger partial charge in [-0.1, -0.05) is 0 Å². The average molecular weight is 202 g/mol. The molecule has 3 nitrogen and oxygen atoms in total. The second-order valence-corrected chi connectivity index (χ2v) is 2.84. The van der Waals surface area contributed by atoms with E-state index in [1.807, 2.05) is 0 Å². The summed E-state index contributed by atoms with van der Waals surface area (Å²) >= 11 is 0. The van der Waals surface area contributed by atoms with Crippen molar-refractivity contribution < 1.29 is 23.8 Å². The zero-order valence-corrected chi connectivity index (χ0v) is 7.29. The van der Waals surface area contributed by atoms with Gasteiger partial charge in [0.05, 0.1) is 11.1 Å². The summed E-state index contributed by atoms with van der Waals surface area (Å²) in [6, 6.07) is 1.92. The molecule has 0 spiro atoms. The van der Waals surface area contributed by atoms with Crippen molar-refractivity contribution in [1.29, 1.82) is 0 Å². The smallest absolute Gasteiger partial charge is 0.335 e. The fourth-order valence-electron chi connectivity index (χ4n) is 1.10. The number of aromatic hydroxyl groups is 1. The van der Waals surface area contributed by atoms with E-state index in [2.05, 4.69) is 0 Å². The molecule has 2 N–H and O–H groups in total. The Kier molecular flexibility index (Phi) is 2.69. The first-order chi connectivity index (χ1) is 6.43. The first kappa shape index (κ1) is 10.4. The summed E-state index contributed by atoms with van der Waals surface area (Å²) in [5, 5.41) is 17.8. The molecule has 0 unspecified atom stereocenters. The largest absolute Gasteiger partial charge is 0.507 e. The van der Waals surface area contributed by atoms with Crippen LogP contribution in [0.5, 0.6) is 5.75 Å². The first-order valence-electron chi connectivity index (χ1n) is 3.78. The molecule has 0 aliphatic rings. The van der Waals surface area contributed by atoms with E-state index in [0.29, 0.717) is 0 Å². The topological polar surface area (TPSA) is 57.5 Å². The van der Waals surface area contributed by atoms with E-state index in [-0.39, 0.29) is 11.1 Å². The standard InChI is InChI=1S/C9H8F2O3/c1-4-2-5(9(13)14)3-6(7(4)12)8(10)11/h2-3,8,12H,1H3,(H,13,14). The van der Waals surface area contributed by atoms with Crippen molar-refractivity contribution in [2.45, 2.75) is 13.3 Å². The number of aryl methyl sites for hydroxylation is 1. The second-order valence-electron chi connectivity index (χ2n) is 2.84. The van der Waals surface area contributed by atoms with E-state index in [4.69, 9.17) is 5.11 Å². The number of rotatable bonds is 2. The SMILES string of the molecule is Cc1cc(C(=O)O)cc(C(F)F)c1O. The highest BCUT2D eigenvalue weighted by Gasteiger charge is 2.17. The molecule has 0 amide bonds. The molecule has 14 heavy (non-hydrogen) atoms. The third kappa shape index (κ3) is 1.81. The van der Waals surface area contributed by atoms with Gasteiger partial charge >= 0.3 is 5.97 Å². The Bertz CT molecular complexity index is 375. The first-order valence-corrected chi connectivity index (χ1v) is 3.78. The molecule has 0 aliphatic heterocycles. The molecule has 1 aromatic carbocycles. The number of carboxylic acid groups (broad SMARTS) is 1. The van der Waals surface area contributed by atoms with Crippen LogP contribution in [0.2, 0.25) is 0 Å². The summed E-state index contributed by atoms with van der Waals surface area (Å²) in [5.41, 5.74) is -0.779. The fourth-order valence-corrected chi connectivity index (χ4v) is 1.10. The Morgan fingerprint density at radius 3 is 2.43 bits per heavy atom. The lowest BCUT2D eigenvalue weighted by Crippen LogP contribution is -1.99. The Labute approximate surface area is 78.6 Å². The number of aromatic carboxylic acids is 1. The highest BCUT2D eigenvalue weighted by molar-refractivity contribution is 5.88. The summed E-state index contributed by atoms with van der Waals surface area (Å²) in [6.45, 7) is 1.37. The molecule has 0 bridgehead atoms. The minimum absolute atomic E-state index is 0.125. The summed E-state index contributed by atoms with van der Waals surface area (Å²) in [5.74, 6) is -1.85. The van der Waals surface area contributed by atoms with Crippen LogP contribution in [0.25, 0.3) is 0 Å². The number of hydrogen-bond donors (Lipinski definition) is 2. The van der Waals surface area contributed by atoms with Gasteiger partial charge in [0.25, 0.3) is 6.43 Å². The van der Waals surface area contributed by atoms with Gasteiger partial charge < -0.3 is 10.2 Å². The number of phenols is 1. The quantitative estimate of drug-likeness (QED) is 0.773. The molecule has 1 rings (SSSR count). The van der Waals surface area contributed by atoms with E-state index in [1.165, 1.54) is 6.92 Å². The lowest BCUT2D eigenvalue weighted by molar-refractivity contribution is 0.0696. The molecule has 0 aliphatic carbocycles. The van der Waals surface area contributed by atoms with Crippen LogP contribution in [-0.2, 0) is 0 Å². The molecular weight excluding hydrogens is 194 g/mol. The second kappa shape index (κ2) is 3.61. The van der Waals surface area contributed by atoms with Gasteiger partial charge in [-0.15, -0.1) is 0 Å². The van der Waals surface area contributed by atoms with Gasteiger partial charge in [0.15, 0.2) is 0 Å². The van der Waals surface area contributed by atoms with Gasteiger partial charge in [-0.25, -0.2) is 13.6 Å². The van der Waals surface area contributed by atoms with Crippen LogP contribution in [0, 0.1) is 6.92 Å². The maximum absolute atomic E-state index is 12.3. The molecule has 1 aromatic rings. The monoisotopic (exact) mass is 202 g/mol. The predicted molar refractivity (Wildman–Crippen MR) is 44.8 cm³/mol. The van der Waals surface area contributed by atoms with Gasteiger partial charge in [-0.2, -0.15) is 0 Å². The third-order valence-electron chi connectivity index (χ3n) is 1.81. The third-order valence-corrected chi connectivity index (χ3v) is 1.81. The number of phenolic OH excluding ortho intramolecular Hbond substituents is 1. The van der Waals surface area contributed by atoms with Gasteiger partial charge in [0.2, 0.25) is 0 Å². The zero-order chi connectivity index (χ0) is 10.9. The van der Waals surface area contributed by atoms with Gasteiger partial charge in [-0.3, -0.25) is 0 Å². The molecule has 0 saturated heterocycles. The van der Waals surface area contributed by atoms with Crippen molar-refractivity contribution >= 4 is 5.97 Å². The fraction of sp³-hybridized carbons (Fsp3) is 0.222. The summed E-state index contributed by atoms with van der Waals surface area (Å²) in [4.78, 5) is 10.5. The van der Waals surface area contributed by atoms with E-state index in [1.54, 1.807) is 0 Å². The average Bonchev–Trinajstić information content (AvgIpc) is 2.08. The number of alkyl halides is 2. The lowest BCUT2D eigenvalue weighted by atomic mass is 10.1. The molecule has 0 fully saturated rings. The van der Waals surface area contributed by atoms with Crippen LogP contribution >= 0.6 is 0 Å². The van der Waals surface area contributed by atoms with Crippen LogP contribution < -0.4 is 0 Å². The van der Waals surface area contributed by atoms with Crippen molar-refractivity contribution in [3.8, 4) is 5.75 Å². The highest BCUT2D eigenvalue weighted by atomic mass is 19.3. The Morgan fingerprint density at radius 2 is 2.00 bits per heavy atom. The van der Waals surface area contributed by atoms with E-state index in [0.717, 1.165) is 12.1 Å². The van der Waals surface area contributed by atoms with Crippen LogP contribution in [0.15, 0.2) is 12.1 Å². The Morgan fingerprint density at radius 1 is 1.43 bits per heavy atom.